The van der Waals surface area contributed by atoms with Gasteiger partial charge in [-0.3, -0.25) is 9.78 Å². The lowest BCUT2D eigenvalue weighted by Crippen LogP contribution is -2.36. The zero-order valence-electron chi connectivity index (χ0n) is 11.7. The van der Waals surface area contributed by atoms with Crippen LogP contribution in [0, 0.1) is 0 Å². The van der Waals surface area contributed by atoms with Gasteiger partial charge in [0.15, 0.2) is 0 Å². The third kappa shape index (κ3) is 2.43. The fraction of sp³-hybridized carbons (Fsp3) is 0.333. The van der Waals surface area contributed by atoms with Gasteiger partial charge in [0.05, 0.1) is 11.3 Å². The van der Waals surface area contributed by atoms with E-state index in [4.69, 9.17) is 11.6 Å². The SMILES string of the molecule is CCc1c(Cl)[nH]c(=O)n(-c2ccccc2C(C)C)c1=O. The molecule has 2 rings (SSSR count). The molecular weight excluding hydrogens is 276 g/mol. The van der Waals surface area contributed by atoms with Crippen LogP contribution in [-0.2, 0) is 6.42 Å². The van der Waals surface area contributed by atoms with Gasteiger partial charge in [0.2, 0.25) is 0 Å². The van der Waals surface area contributed by atoms with Crippen LogP contribution in [0.15, 0.2) is 33.9 Å². The second-order valence-corrected chi connectivity index (χ2v) is 5.31. The highest BCUT2D eigenvalue weighted by atomic mass is 35.5. The van der Waals surface area contributed by atoms with Crippen LogP contribution in [-0.4, -0.2) is 9.55 Å². The predicted molar refractivity (Wildman–Crippen MR) is 81.1 cm³/mol. The molecule has 20 heavy (non-hydrogen) atoms. The molecule has 5 heteroatoms. The minimum atomic E-state index is -0.509. The lowest BCUT2D eigenvalue weighted by atomic mass is 10.0. The van der Waals surface area contributed by atoms with Crippen molar-refractivity contribution in [3.05, 3.63) is 61.4 Å². The highest BCUT2D eigenvalue weighted by Crippen LogP contribution is 2.21. The van der Waals surface area contributed by atoms with Crippen LogP contribution in [0.3, 0.4) is 0 Å². The van der Waals surface area contributed by atoms with Crippen molar-refractivity contribution >= 4 is 11.6 Å². The number of aromatic amines is 1. The van der Waals surface area contributed by atoms with Crippen molar-refractivity contribution in [3.63, 3.8) is 0 Å². The summed E-state index contributed by atoms with van der Waals surface area (Å²) in [5.74, 6) is 0.207. The topological polar surface area (TPSA) is 54.9 Å². The van der Waals surface area contributed by atoms with E-state index in [-0.39, 0.29) is 16.6 Å². The predicted octanol–water partition coefficient (Wildman–Crippen LogP) is 2.87. The summed E-state index contributed by atoms with van der Waals surface area (Å²) in [6, 6.07) is 7.41. The smallest absolute Gasteiger partial charge is 0.297 e. The molecule has 1 N–H and O–H groups in total. The Morgan fingerprint density at radius 1 is 1.25 bits per heavy atom. The van der Waals surface area contributed by atoms with Gasteiger partial charge in [0.1, 0.15) is 5.15 Å². The number of hydrogen-bond acceptors (Lipinski definition) is 2. The minimum absolute atomic E-state index is 0.126. The Labute approximate surface area is 122 Å². The second kappa shape index (κ2) is 5.67. The van der Waals surface area contributed by atoms with Crippen LogP contribution in [0.5, 0.6) is 0 Å². The van der Waals surface area contributed by atoms with E-state index in [2.05, 4.69) is 4.98 Å². The maximum atomic E-state index is 12.5. The van der Waals surface area contributed by atoms with Crippen LogP contribution in [0.4, 0.5) is 0 Å². The molecule has 4 nitrogen and oxygen atoms in total. The van der Waals surface area contributed by atoms with Gasteiger partial charge >= 0.3 is 5.69 Å². The number of aromatic nitrogens is 2. The molecule has 0 bridgehead atoms. The highest BCUT2D eigenvalue weighted by Gasteiger charge is 2.16. The fourth-order valence-corrected chi connectivity index (χ4v) is 2.55. The number of rotatable bonds is 3. The largest absolute Gasteiger partial charge is 0.334 e. The average molecular weight is 293 g/mol. The molecule has 0 saturated carbocycles. The summed E-state index contributed by atoms with van der Waals surface area (Å²) in [6.07, 6.45) is 0.471. The van der Waals surface area contributed by atoms with Gasteiger partial charge in [-0.2, -0.15) is 0 Å². The van der Waals surface area contributed by atoms with Crippen molar-refractivity contribution < 1.29 is 0 Å². The quantitative estimate of drug-likeness (QED) is 0.885. The fourth-order valence-electron chi connectivity index (χ4n) is 2.25. The van der Waals surface area contributed by atoms with Crippen LogP contribution in [0.25, 0.3) is 5.69 Å². The van der Waals surface area contributed by atoms with Gasteiger partial charge in [-0.25, -0.2) is 9.36 Å². The summed E-state index contributed by atoms with van der Waals surface area (Å²) >= 11 is 5.93. The van der Waals surface area contributed by atoms with Gasteiger partial charge in [0, 0.05) is 0 Å². The van der Waals surface area contributed by atoms with E-state index in [0.717, 1.165) is 5.56 Å². The third-order valence-corrected chi connectivity index (χ3v) is 3.62. The van der Waals surface area contributed by atoms with E-state index in [9.17, 15) is 9.59 Å². The van der Waals surface area contributed by atoms with Gasteiger partial charge < -0.3 is 0 Å². The van der Waals surface area contributed by atoms with Gasteiger partial charge in [-0.1, -0.05) is 50.6 Å². The molecule has 1 aromatic carbocycles. The van der Waals surface area contributed by atoms with Crippen LogP contribution in [0.1, 0.15) is 37.8 Å². The summed E-state index contributed by atoms with van der Waals surface area (Å²) in [5, 5.41) is 0.126. The molecule has 0 aliphatic heterocycles. The lowest BCUT2D eigenvalue weighted by molar-refractivity contribution is 0.797. The molecule has 0 atom stereocenters. The van der Waals surface area contributed by atoms with E-state index < -0.39 is 5.69 Å². The lowest BCUT2D eigenvalue weighted by Gasteiger charge is -2.14. The molecule has 2 aromatic rings. The van der Waals surface area contributed by atoms with Crippen molar-refractivity contribution in [1.29, 1.82) is 0 Å². The summed E-state index contributed by atoms with van der Waals surface area (Å²) in [7, 11) is 0. The molecule has 1 aromatic heterocycles. The molecule has 0 fully saturated rings. The third-order valence-electron chi connectivity index (χ3n) is 3.30. The minimum Gasteiger partial charge on any atom is -0.297 e. The molecule has 0 spiro atoms. The molecule has 106 valence electrons. The standard InChI is InChI=1S/C15H17ClN2O2/c1-4-10-13(16)17-15(20)18(14(10)19)12-8-6-5-7-11(12)9(2)3/h5-9H,4H2,1-3H3,(H,17,20). The number of H-pyrrole nitrogens is 1. The average Bonchev–Trinajstić information content (AvgIpc) is 2.39. The van der Waals surface area contributed by atoms with Crippen molar-refractivity contribution in [1.82, 2.24) is 9.55 Å². The first kappa shape index (κ1) is 14.6. The first-order valence-corrected chi connectivity index (χ1v) is 6.98. The van der Waals surface area contributed by atoms with Crippen LogP contribution in [0.2, 0.25) is 5.15 Å². The summed E-state index contributed by atoms with van der Waals surface area (Å²) in [6.45, 7) is 5.88. The molecule has 0 radical (unpaired) electrons. The number of benzene rings is 1. The maximum Gasteiger partial charge on any atom is 0.334 e. The molecule has 0 unspecified atom stereocenters. The van der Waals surface area contributed by atoms with Gasteiger partial charge in [-0.15, -0.1) is 0 Å². The van der Waals surface area contributed by atoms with Crippen molar-refractivity contribution in [3.8, 4) is 5.69 Å². The molecule has 1 heterocycles. The first-order chi connectivity index (χ1) is 9.47. The van der Waals surface area contributed by atoms with Gasteiger partial charge in [0.25, 0.3) is 5.56 Å². The highest BCUT2D eigenvalue weighted by molar-refractivity contribution is 6.30. The Hall–Kier alpha value is -1.81. The van der Waals surface area contributed by atoms with Crippen molar-refractivity contribution in [2.75, 3.05) is 0 Å². The summed E-state index contributed by atoms with van der Waals surface area (Å²) in [4.78, 5) is 27.1. The van der Waals surface area contributed by atoms with E-state index in [0.29, 0.717) is 17.7 Å². The van der Waals surface area contributed by atoms with E-state index in [1.54, 1.807) is 6.07 Å². The Balaban J connectivity index is 2.84. The molecule has 0 saturated heterocycles. The zero-order valence-corrected chi connectivity index (χ0v) is 12.5. The Morgan fingerprint density at radius 3 is 2.50 bits per heavy atom. The normalized spacial score (nSPS) is 11.1. The van der Waals surface area contributed by atoms with E-state index >= 15 is 0 Å². The summed E-state index contributed by atoms with van der Waals surface area (Å²) in [5.41, 5.74) is 1.12. The maximum absolute atomic E-state index is 12.5. The number of halogens is 1. The van der Waals surface area contributed by atoms with Gasteiger partial charge in [-0.05, 0) is 24.0 Å². The number of para-hydroxylation sites is 1. The Bertz CT molecular complexity index is 744. The van der Waals surface area contributed by atoms with E-state index in [1.165, 1.54) is 4.57 Å². The second-order valence-electron chi connectivity index (χ2n) is 4.93. The number of nitrogens with one attached hydrogen (secondary N) is 1. The Morgan fingerprint density at radius 2 is 1.90 bits per heavy atom. The van der Waals surface area contributed by atoms with E-state index in [1.807, 2.05) is 39.0 Å². The molecule has 0 amide bonds. The van der Waals surface area contributed by atoms with Crippen LogP contribution < -0.4 is 11.2 Å². The number of hydrogen-bond donors (Lipinski definition) is 1. The first-order valence-electron chi connectivity index (χ1n) is 6.60. The Kier molecular flexibility index (Phi) is 4.14. The zero-order chi connectivity index (χ0) is 14.9. The van der Waals surface area contributed by atoms with Crippen molar-refractivity contribution in [2.24, 2.45) is 0 Å². The monoisotopic (exact) mass is 292 g/mol. The summed E-state index contributed by atoms with van der Waals surface area (Å²) < 4.78 is 1.17. The van der Waals surface area contributed by atoms with Crippen LogP contribution >= 0.6 is 11.6 Å². The molecular formula is C15H17ClN2O2. The molecule has 0 aliphatic carbocycles. The number of nitrogens with zero attached hydrogens (tertiary/aromatic N) is 1. The molecule has 0 aliphatic rings. The van der Waals surface area contributed by atoms with Crippen molar-refractivity contribution in [2.45, 2.75) is 33.1 Å².